The van der Waals surface area contributed by atoms with Gasteiger partial charge in [0.25, 0.3) is 5.91 Å². The Labute approximate surface area is 134 Å². The van der Waals surface area contributed by atoms with Crippen molar-refractivity contribution in [3.8, 4) is 0 Å². The molecule has 0 unspecified atom stereocenters. The number of hydrogen-bond donors (Lipinski definition) is 1. The summed E-state index contributed by atoms with van der Waals surface area (Å²) in [7, 11) is 0. The van der Waals surface area contributed by atoms with Crippen molar-refractivity contribution in [1.29, 1.82) is 0 Å². The van der Waals surface area contributed by atoms with Crippen molar-refractivity contribution in [1.82, 2.24) is 9.97 Å². The lowest BCUT2D eigenvalue weighted by Gasteiger charge is -2.28. The van der Waals surface area contributed by atoms with Gasteiger partial charge in [0.15, 0.2) is 0 Å². The fourth-order valence-corrected chi connectivity index (χ4v) is 2.70. The zero-order chi connectivity index (χ0) is 16.2. The zero-order valence-corrected chi connectivity index (χ0v) is 13.1. The number of piperidine rings is 1. The van der Waals surface area contributed by atoms with E-state index in [0.717, 1.165) is 31.7 Å². The predicted molar refractivity (Wildman–Crippen MR) is 87.2 cm³/mol. The van der Waals surface area contributed by atoms with E-state index in [2.05, 4.69) is 20.2 Å². The number of carbonyl (C=O) groups excluding carboxylic acids is 1. The van der Waals surface area contributed by atoms with E-state index in [0.29, 0.717) is 5.82 Å². The Bertz CT molecular complexity index is 713. The van der Waals surface area contributed by atoms with Crippen LogP contribution in [-0.2, 0) is 0 Å². The summed E-state index contributed by atoms with van der Waals surface area (Å²) in [6, 6.07) is 7.75. The van der Waals surface area contributed by atoms with E-state index in [1.807, 2.05) is 0 Å². The van der Waals surface area contributed by atoms with Gasteiger partial charge in [0.1, 0.15) is 23.2 Å². The highest BCUT2D eigenvalue weighted by Gasteiger charge is 2.17. The van der Waals surface area contributed by atoms with E-state index < -0.39 is 11.7 Å². The first kappa shape index (κ1) is 15.4. The molecule has 0 radical (unpaired) electrons. The second kappa shape index (κ2) is 6.73. The molecule has 1 aromatic heterocycles. The molecule has 1 aliphatic rings. The van der Waals surface area contributed by atoms with Crippen molar-refractivity contribution in [2.75, 3.05) is 23.3 Å². The number of para-hydroxylation sites is 1. The Morgan fingerprint density at radius 1 is 1.17 bits per heavy atom. The molecule has 0 saturated carbocycles. The highest BCUT2D eigenvalue weighted by Crippen LogP contribution is 2.19. The molecule has 5 nitrogen and oxygen atoms in total. The molecule has 2 aromatic rings. The summed E-state index contributed by atoms with van der Waals surface area (Å²) < 4.78 is 13.7. The van der Waals surface area contributed by atoms with Gasteiger partial charge in [-0.3, -0.25) is 4.79 Å². The lowest BCUT2D eigenvalue weighted by atomic mass is 10.1. The third-order valence-corrected chi connectivity index (χ3v) is 3.86. The quantitative estimate of drug-likeness (QED) is 0.945. The average molecular weight is 314 g/mol. The Morgan fingerprint density at radius 2 is 1.91 bits per heavy atom. The highest BCUT2D eigenvalue weighted by molar-refractivity contribution is 6.03. The van der Waals surface area contributed by atoms with Gasteiger partial charge < -0.3 is 10.2 Å². The summed E-state index contributed by atoms with van der Waals surface area (Å²) in [5, 5.41) is 2.56. The molecule has 1 aromatic carbocycles. The number of aryl methyl sites for hydroxylation is 1. The van der Waals surface area contributed by atoms with Crippen molar-refractivity contribution in [3.05, 3.63) is 47.7 Å². The lowest BCUT2D eigenvalue weighted by Crippen LogP contribution is -2.31. The van der Waals surface area contributed by atoms with Crippen LogP contribution in [0.15, 0.2) is 30.3 Å². The molecule has 0 spiro atoms. The minimum atomic E-state index is -0.470. The summed E-state index contributed by atoms with van der Waals surface area (Å²) in [5.41, 5.74) is 0.398. The average Bonchev–Trinajstić information content (AvgIpc) is 2.57. The molecule has 1 saturated heterocycles. The number of aromatic nitrogens is 2. The number of hydrogen-bond acceptors (Lipinski definition) is 4. The molecule has 2 heterocycles. The third-order valence-electron chi connectivity index (χ3n) is 3.86. The molecule has 1 fully saturated rings. The van der Waals surface area contributed by atoms with Gasteiger partial charge in [0.05, 0.1) is 5.69 Å². The van der Waals surface area contributed by atoms with Crippen LogP contribution in [0.3, 0.4) is 0 Å². The van der Waals surface area contributed by atoms with Crippen LogP contribution in [0.1, 0.15) is 35.6 Å². The summed E-state index contributed by atoms with van der Waals surface area (Å²) in [5.74, 6) is 0.393. The molecule has 3 rings (SSSR count). The molecule has 23 heavy (non-hydrogen) atoms. The normalized spacial score (nSPS) is 14.6. The molecular weight excluding hydrogens is 295 g/mol. The van der Waals surface area contributed by atoms with Crippen molar-refractivity contribution >= 4 is 17.4 Å². The van der Waals surface area contributed by atoms with Crippen LogP contribution in [0.25, 0.3) is 0 Å². The summed E-state index contributed by atoms with van der Waals surface area (Å²) >= 11 is 0. The number of benzene rings is 1. The smallest absolute Gasteiger partial charge is 0.274 e. The van der Waals surface area contributed by atoms with Gasteiger partial charge in [0, 0.05) is 19.2 Å². The number of rotatable bonds is 3. The maximum atomic E-state index is 13.7. The highest BCUT2D eigenvalue weighted by atomic mass is 19.1. The Kier molecular flexibility index (Phi) is 4.50. The predicted octanol–water partition coefficient (Wildman–Crippen LogP) is 3.17. The fraction of sp³-hybridized carbons (Fsp3) is 0.353. The van der Waals surface area contributed by atoms with E-state index in [1.165, 1.54) is 18.6 Å². The Hall–Kier alpha value is -2.50. The van der Waals surface area contributed by atoms with E-state index >= 15 is 0 Å². The van der Waals surface area contributed by atoms with Crippen molar-refractivity contribution in [2.45, 2.75) is 26.2 Å². The van der Waals surface area contributed by atoms with Crippen LogP contribution in [0.2, 0.25) is 0 Å². The van der Waals surface area contributed by atoms with Crippen LogP contribution in [0, 0.1) is 12.7 Å². The maximum Gasteiger partial charge on any atom is 0.274 e. The molecule has 1 amide bonds. The number of anilines is 2. The van der Waals surface area contributed by atoms with Crippen molar-refractivity contribution in [3.63, 3.8) is 0 Å². The monoisotopic (exact) mass is 314 g/mol. The molecule has 1 N–H and O–H groups in total. The molecular formula is C17H19FN4O. The topological polar surface area (TPSA) is 58.1 Å². The van der Waals surface area contributed by atoms with E-state index in [1.54, 1.807) is 25.1 Å². The standard InChI is InChI=1S/C17H19FN4O/c1-12-19-15(11-16(20-12)22-9-5-2-6-10-22)17(23)21-14-8-4-3-7-13(14)18/h3-4,7-8,11H,2,5-6,9-10H2,1H3,(H,21,23). The van der Waals surface area contributed by atoms with Gasteiger partial charge in [-0.15, -0.1) is 0 Å². The minimum absolute atomic E-state index is 0.147. The Morgan fingerprint density at radius 3 is 2.65 bits per heavy atom. The molecule has 0 atom stereocenters. The SMILES string of the molecule is Cc1nc(C(=O)Nc2ccccc2F)cc(N2CCCCC2)n1. The van der Waals surface area contributed by atoms with Crippen molar-refractivity contribution in [2.24, 2.45) is 0 Å². The van der Waals surface area contributed by atoms with Crippen LogP contribution >= 0.6 is 0 Å². The zero-order valence-electron chi connectivity index (χ0n) is 13.1. The number of nitrogens with zero attached hydrogens (tertiary/aromatic N) is 3. The first-order chi connectivity index (χ1) is 11.1. The van der Waals surface area contributed by atoms with Gasteiger partial charge in [-0.2, -0.15) is 0 Å². The second-order valence-electron chi connectivity index (χ2n) is 5.64. The fourth-order valence-electron chi connectivity index (χ4n) is 2.70. The Balaban J connectivity index is 1.83. The molecule has 0 aliphatic carbocycles. The maximum absolute atomic E-state index is 13.7. The van der Waals surface area contributed by atoms with E-state index in [4.69, 9.17) is 0 Å². The van der Waals surface area contributed by atoms with E-state index in [-0.39, 0.29) is 11.4 Å². The first-order valence-corrected chi connectivity index (χ1v) is 7.80. The number of amides is 1. The molecule has 120 valence electrons. The van der Waals surface area contributed by atoms with E-state index in [9.17, 15) is 9.18 Å². The van der Waals surface area contributed by atoms with Gasteiger partial charge in [-0.1, -0.05) is 12.1 Å². The largest absolute Gasteiger partial charge is 0.356 e. The van der Waals surface area contributed by atoms with Crippen LogP contribution < -0.4 is 10.2 Å². The molecule has 1 aliphatic heterocycles. The van der Waals surface area contributed by atoms with Gasteiger partial charge in [0.2, 0.25) is 0 Å². The number of nitrogens with one attached hydrogen (secondary N) is 1. The summed E-state index contributed by atoms with van der Waals surface area (Å²) in [6.07, 6.45) is 3.47. The molecule has 6 heteroatoms. The number of halogens is 1. The summed E-state index contributed by atoms with van der Waals surface area (Å²) in [4.78, 5) is 23.1. The van der Waals surface area contributed by atoms with Gasteiger partial charge in [-0.25, -0.2) is 14.4 Å². The summed E-state index contributed by atoms with van der Waals surface area (Å²) in [6.45, 7) is 3.63. The molecule has 0 bridgehead atoms. The second-order valence-corrected chi connectivity index (χ2v) is 5.64. The van der Waals surface area contributed by atoms with Crippen LogP contribution in [0.5, 0.6) is 0 Å². The first-order valence-electron chi connectivity index (χ1n) is 7.80. The van der Waals surface area contributed by atoms with Crippen LogP contribution in [0.4, 0.5) is 15.9 Å². The lowest BCUT2D eigenvalue weighted by molar-refractivity contribution is 0.102. The van der Waals surface area contributed by atoms with Crippen LogP contribution in [-0.4, -0.2) is 29.0 Å². The minimum Gasteiger partial charge on any atom is -0.356 e. The van der Waals surface area contributed by atoms with Gasteiger partial charge >= 0.3 is 0 Å². The third kappa shape index (κ3) is 3.64. The number of carbonyl (C=O) groups is 1. The van der Waals surface area contributed by atoms with Gasteiger partial charge in [-0.05, 0) is 38.3 Å². The van der Waals surface area contributed by atoms with Crippen molar-refractivity contribution < 1.29 is 9.18 Å².